The number of carbonyl (C=O) groups excluding carboxylic acids is 1. The molecule has 0 aliphatic heterocycles. The Balaban J connectivity index is 1.52. The maximum atomic E-state index is 13.3. The normalized spacial score (nSPS) is 11.7. The van der Waals surface area contributed by atoms with Gasteiger partial charge in [0.2, 0.25) is 5.89 Å². The number of benzene rings is 3. The number of hydrogen-bond donors (Lipinski definition) is 4. The van der Waals surface area contributed by atoms with Crippen LogP contribution in [0.2, 0.25) is 0 Å². The van der Waals surface area contributed by atoms with Crippen LogP contribution in [-0.2, 0) is 6.61 Å². The summed E-state index contributed by atoms with van der Waals surface area (Å²) in [6, 6.07) is 22.2. The minimum Gasteiger partial charge on any atom is -0.438 e. The molecule has 0 radical (unpaired) electrons. The first kappa shape index (κ1) is 26.8. The topological polar surface area (TPSA) is 111 Å². The van der Waals surface area contributed by atoms with E-state index in [-0.39, 0.29) is 18.3 Å². The lowest BCUT2D eigenvalue weighted by atomic mass is 10.0. The van der Waals surface area contributed by atoms with E-state index in [0.717, 1.165) is 27.8 Å². The zero-order valence-electron chi connectivity index (χ0n) is 21.2. The van der Waals surface area contributed by atoms with E-state index in [1.54, 1.807) is 12.3 Å². The molecule has 4 rings (SSSR count). The molecule has 1 heterocycles. The number of alkyl halides is 1. The fourth-order valence-corrected chi connectivity index (χ4v) is 4.03. The van der Waals surface area contributed by atoms with E-state index < -0.39 is 12.7 Å². The third kappa shape index (κ3) is 6.92. The summed E-state index contributed by atoms with van der Waals surface area (Å²) in [6.45, 7) is 1.52. The van der Waals surface area contributed by atoms with Gasteiger partial charge in [0.15, 0.2) is 5.76 Å². The lowest BCUT2D eigenvalue weighted by Gasteiger charge is -2.17. The van der Waals surface area contributed by atoms with Crippen molar-refractivity contribution in [3.05, 3.63) is 102 Å². The second-order valence-corrected chi connectivity index (χ2v) is 9.07. The van der Waals surface area contributed by atoms with Gasteiger partial charge in [-0.3, -0.25) is 10.2 Å². The average Bonchev–Trinajstić information content (AvgIpc) is 3.45. The zero-order chi connectivity index (χ0) is 26.9. The van der Waals surface area contributed by atoms with Crippen LogP contribution in [-0.4, -0.2) is 35.1 Å². The maximum absolute atomic E-state index is 13.3. The van der Waals surface area contributed by atoms with Gasteiger partial charge in [-0.15, -0.1) is 0 Å². The van der Waals surface area contributed by atoms with Crippen LogP contribution >= 0.6 is 0 Å². The molecule has 4 aromatic rings. The third-order valence-corrected chi connectivity index (χ3v) is 6.20. The minimum atomic E-state index is -0.848. The molecule has 4 N–H and O–H groups in total. The van der Waals surface area contributed by atoms with Gasteiger partial charge < -0.3 is 20.2 Å². The van der Waals surface area contributed by atoms with Crippen LogP contribution in [0.4, 0.5) is 4.39 Å². The number of amides is 1. The van der Waals surface area contributed by atoms with Crippen LogP contribution in [0.25, 0.3) is 22.5 Å². The summed E-state index contributed by atoms with van der Waals surface area (Å²) in [5, 5.41) is 22.5. The van der Waals surface area contributed by atoms with E-state index in [0.29, 0.717) is 36.6 Å². The van der Waals surface area contributed by atoms with Gasteiger partial charge >= 0.3 is 0 Å². The third-order valence-electron chi connectivity index (χ3n) is 6.20. The number of aryl methyl sites for hydroxylation is 1. The Labute approximate surface area is 221 Å². The number of aromatic nitrogens is 1. The summed E-state index contributed by atoms with van der Waals surface area (Å²) < 4.78 is 18.7. The Kier molecular flexibility index (Phi) is 9.00. The number of rotatable bonds is 11. The van der Waals surface area contributed by atoms with Crippen LogP contribution in [0.3, 0.4) is 0 Å². The maximum Gasteiger partial charge on any atom is 0.251 e. The molecule has 3 aromatic carbocycles. The number of halogens is 1. The second kappa shape index (κ2) is 12.8. The van der Waals surface area contributed by atoms with Gasteiger partial charge in [0.1, 0.15) is 18.6 Å². The molecule has 7 nitrogen and oxygen atoms in total. The van der Waals surface area contributed by atoms with Crippen molar-refractivity contribution in [3.63, 3.8) is 0 Å². The second-order valence-electron chi connectivity index (χ2n) is 9.07. The minimum absolute atomic E-state index is 0.0268. The predicted octanol–water partition coefficient (Wildman–Crippen LogP) is 5.60. The standard InChI is InChI=1S/C30H31FN4O3/c1-20-7-11-23(12-8-20)27-18-34-30(38-27)26(6-3-15-33-28(32)17-31)35-29(37)25-5-2-4-24(16-25)22-13-9-21(19-36)10-14-22/h2,4-5,7-14,16,18,26,36H,3,6,15,17,19H2,1H3,(H2,32,33)(H,35,37)/t26-/m0/s1. The largest absolute Gasteiger partial charge is 0.438 e. The van der Waals surface area contributed by atoms with Crippen LogP contribution in [0, 0.1) is 12.3 Å². The molecular weight excluding hydrogens is 483 g/mol. The Morgan fingerprint density at radius 3 is 2.50 bits per heavy atom. The Morgan fingerprint density at radius 2 is 1.79 bits per heavy atom. The number of oxazole rings is 1. The number of aliphatic hydroxyl groups excluding tert-OH is 1. The number of nitrogens with one attached hydrogen (secondary N) is 3. The summed E-state index contributed by atoms with van der Waals surface area (Å²) >= 11 is 0. The molecule has 0 spiro atoms. The van der Waals surface area contributed by atoms with Crippen molar-refractivity contribution >= 4 is 11.7 Å². The van der Waals surface area contributed by atoms with Crippen molar-refractivity contribution in [1.82, 2.24) is 15.6 Å². The van der Waals surface area contributed by atoms with Crippen molar-refractivity contribution in [2.45, 2.75) is 32.4 Å². The van der Waals surface area contributed by atoms with Crippen molar-refractivity contribution in [3.8, 4) is 22.5 Å². The highest BCUT2D eigenvalue weighted by Gasteiger charge is 2.21. The number of aliphatic hydroxyl groups is 1. The molecule has 196 valence electrons. The van der Waals surface area contributed by atoms with Crippen molar-refractivity contribution in [1.29, 1.82) is 5.41 Å². The van der Waals surface area contributed by atoms with Gasteiger partial charge in [-0.2, -0.15) is 0 Å². The monoisotopic (exact) mass is 514 g/mol. The fourth-order valence-electron chi connectivity index (χ4n) is 4.03. The SMILES string of the molecule is Cc1ccc(-c2cnc([C@H](CCCNC(=N)CF)NC(=O)c3cccc(-c4ccc(CO)cc4)c3)o2)cc1. The van der Waals surface area contributed by atoms with E-state index in [4.69, 9.17) is 9.83 Å². The van der Waals surface area contributed by atoms with Gasteiger partial charge in [-0.25, -0.2) is 9.37 Å². The summed E-state index contributed by atoms with van der Waals surface area (Å²) in [5.74, 6) is 0.533. The van der Waals surface area contributed by atoms with Crippen molar-refractivity contribution < 1.29 is 18.7 Å². The zero-order valence-corrected chi connectivity index (χ0v) is 21.2. The van der Waals surface area contributed by atoms with Crippen LogP contribution < -0.4 is 10.6 Å². The molecule has 0 bridgehead atoms. The van der Waals surface area contributed by atoms with Crippen LogP contribution in [0.1, 0.15) is 46.3 Å². The molecule has 0 fully saturated rings. The summed E-state index contributed by atoms with van der Waals surface area (Å²) in [4.78, 5) is 17.8. The Hall–Kier alpha value is -4.30. The summed E-state index contributed by atoms with van der Waals surface area (Å²) in [7, 11) is 0. The summed E-state index contributed by atoms with van der Waals surface area (Å²) in [5.41, 5.74) is 5.14. The molecule has 0 saturated carbocycles. The van der Waals surface area contributed by atoms with E-state index in [1.807, 2.05) is 73.7 Å². The van der Waals surface area contributed by atoms with Gasteiger partial charge in [0.25, 0.3) is 5.91 Å². The van der Waals surface area contributed by atoms with Crippen molar-refractivity contribution in [2.75, 3.05) is 13.2 Å². The van der Waals surface area contributed by atoms with E-state index in [1.165, 1.54) is 0 Å². The summed E-state index contributed by atoms with van der Waals surface area (Å²) in [6.07, 6.45) is 2.69. The number of hydrogen-bond acceptors (Lipinski definition) is 5. The first-order chi connectivity index (χ1) is 18.5. The van der Waals surface area contributed by atoms with E-state index in [9.17, 15) is 14.3 Å². The molecule has 0 aliphatic carbocycles. The van der Waals surface area contributed by atoms with Gasteiger partial charge in [0, 0.05) is 17.7 Å². The van der Waals surface area contributed by atoms with Gasteiger partial charge in [-0.1, -0.05) is 66.2 Å². The first-order valence-electron chi connectivity index (χ1n) is 12.5. The van der Waals surface area contributed by atoms with Crippen LogP contribution in [0.15, 0.2) is 83.4 Å². The molecule has 1 amide bonds. The predicted molar refractivity (Wildman–Crippen MR) is 146 cm³/mol. The van der Waals surface area contributed by atoms with E-state index >= 15 is 0 Å². The number of carbonyl (C=O) groups is 1. The molecule has 38 heavy (non-hydrogen) atoms. The highest BCUT2D eigenvalue weighted by molar-refractivity contribution is 5.95. The quantitative estimate of drug-likeness (QED) is 0.118. The lowest BCUT2D eigenvalue weighted by molar-refractivity contribution is 0.0927. The van der Waals surface area contributed by atoms with Gasteiger partial charge in [0.05, 0.1) is 12.8 Å². The Morgan fingerprint density at radius 1 is 1.05 bits per heavy atom. The molecule has 0 saturated heterocycles. The smallest absolute Gasteiger partial charge is 0.251 e. The first-order valence-corrected chi connectivity index (χ1v) is 12.5. The fraction of sp³-hybridized carbons (Fsp3) is 0.233. The molecular formula is C30H31FN4O3. The van der Waals surface area contributed by atoms with E-state index in [2.05, 4.69) is 15.6 Å². The molecule has 8 heteroatoms. The van der Waals surface area contributed by atoms with Crippen LogP contribution in [0.5, 0.6) is 0 Å². The average molecular weight is 515 g/mol. The molecule has 0 aliphatic rings. The number of nitrogens with zero attached hydrogens (tertiary/aromatic N) is 1. The molecule has 1 aromatic heterocycles. The van der Waals surface area contributed by atoms with Crippen molar-refractivity contribution in [2.24, 2.45) is 0 Å². The Bertz CT molecular complexity index is 1370. The number of amidine groups is 1. The molecule has 1 atom stereocenters. The highest BCUT2D eigenvalue weighted by atomic mass is 19.1. The van der Waals surface area contributed by atoms with Gasteiger partial charge in [-0.05, 0) is 48.6 Å². The molecule has 0 unspecified atom stereocenters. The highest BCUT2D eigenvalue weighted by Crippen LogP contribution is 2.27. The lowest BCUT2D eigenvalue weighted by Crippen LogP contribution is -2.30.